The smallest absolute Gasteiger partial charge is 0.166 e. The summed E-state index contributed by atoms with van der Waals surface area (Å²) in [5.74, 6) is 1.44. The Morgan fingerprint density at radius 3 is 3.12 bits per heavy atom. The number of nitrogens with zero attached hydrogens (tertiary/aromatic N) is 3. The van der Waals surface area contributed by atoms with Gasteiger partial charge in [-0.05, 0) is 31.5 Å². The zero-order chi connectivity index (χ0) is 11.8. The molecule has 0 aliphatic carbocycles. The molecule has 4 heteroatoms. The van der Waals surface area contributed by atoms with E-state index in [0.717, 1.165) is 30.9 Å². The van der Waals surface area contributed by atoms with Gasteiger partial charge in [0.05, 0.1) is 5.52 Å². The number of aryl methyl sites for hydroxylation is 1. The fourth-order valence-corrected chi connectivity index (χ4v) is 2.46. The van der Waals surface area contributed by atoms with Gasteiger partial charge in [-0.25, -0.2) is 4.98 Å². The summed E-state index contributed by atoms with van der Waals surface area (Å²) in [6.07, 6.45) is 3.16. The van der Waals surface area contributed by atoms with Gasteiger partial charge in [0.15, 0.2) is 5.69 Å². The first-order valence-corrected chi connectivity index (χ1v) is 5.89. The first-order chi connectivity index (χ1) is 8.29. The summed E-state index contributed by atoms with van der Waals surface area (Å²) in [6, 6.07) is 6.18. The molecule has 1 atom stereocenters. The lowest BCUT2D eigenvalue weighted by Gasteiger charge is -2.07. The third kappa shape index (κ3) is 1.60. The van der Waals surface area contributed by atoms with Crippen LogP contribution in [0, 0.1) is 18.3 Å². The average Bonchev–Trinajstić information content (AvgIpc) is 2.94. The Bertz CT molecular complexity index is 600. The number of hydrogen-bond acceptors (Lipinski definition) is 3. The molecule has 0 saturated carbocycles. The molecule has 1 aliphatic rings. The average molecular weight is 226 g/mol. The maximum Gasteiger partial charge on any atom is 0.166 e. The standard InChI is InChI=1S/C13H14N4/c1-9-2-3-12-11(6-14)16-13(17(12)8-9)10-4-5-15-7-10/h2-3,8,10,15H,4-5,7H2,1H3. The molecule has 1 fully saturated rings. The van der Waals surface area contributed by atoms with Crippen molar-refractivity contribution in [1.29, 1.82) is 5.26 Å². The van der Waals surface area contributed by atoms with Gasteiger partial charge in [-0.1, -0.05) is 6.07 Å². The molecule has 17 heavy (non-hydrogen) atoms. The summed E-state index contributed by atoms with van der Waals surface area (Å²) in [6.45, 7) is 4.05. The number of imidazole rings is 1. The van der Waals surface area contributed by atoms with Crippen molar-refractivity contribution in [3.63, 3.8) is 0 Å². The molecular formula is C13H14N4. The van der Waals surface area contributed by atoms with Gasteiger partial charge in [0.25, 0.3) is 0 Å². The molecule has 1 saturated heterocycles. The molecule has 2 aromatic rings. The SMILES string of the molecule is Cc1ccc2c(C#N)nc(C3CCNC3)n2c1. The Kier molecular flexibility index (Phi) is 2.34. The topological polar surface area (TPSA) is 53.1 Å². The van der Waals surface area contributed by atoms with Gasteiger partial charge in [-0.2, -0.15) is 5.26 Å². The second-order valence-corrected chi connectivity index (χ2v) is 4.58. The van der Waals surface area contributed by atoms with Crippen LogP contribution in [0.3, 0.4) is 0 Å². The van der Waals surface area contributed by atoms with Crippen molar-refractivity contribution in [2.24, 2.45) is 0 Å². The lowest BCUT2D eigenvalue weighted by molar-refractivity contribution is 0.697. The number of fused-ring (bicyclic) bond motifs is 1. The minimum atomic E-state index is 0.423. The maximum atomic E-state index is 9.12. The molecule has 2 aromatic heterocycles. The highest BCUT2D eigenvalue weighted by atomic mass is 15.0. The first kappa shape index (κ1) is 10.3. The van der Waals surface area contributed by atoms with E-state index < -0.39 is 0 Å². The van der Waals surface area contributed by atoms with Crippen molar-refractivity contribution in [2.75, 3.05) is 13.1 Å². The van der Waals surface area contributed by atoms with Crippen LogP contribution in [0.2, 0.25) is 0 Å². The van der Waals surface area contributed by atoms with Crippen LogP contribution in [0.15, 0.2) is 18.3 Å². The first-order valence-electron chi connectivity index (χ1n) is 5.89. The van der Waals surface area contributed by atoms with Gasteiger partial charge in [0, 0.05) is 18.7 Å². The van der Waals surface area contributed by atoms with E-state index in [0.29, 0.717) is 11.6 Å². The summed E-state index contributed by atoms with van der Waals surface area (Å²) in [7, 11) is 0. The molecule has 0 amide bonds. The van der Waals surface area contributed by atoms with E-state index >= 15 is 0 Å². The number of rotatable bonds is 1. The number of aromatic nitrogens is 2. The quantitative estimate of drug-likeness (QED) is 0.803. The van der Waals surface area contributed by atoms with E-state index in [2.05, 4.69) is 33.9 Å². The summed E-state index contributed by atoms with van der Waals surface area (Å²) in [5.41, 5.74) is 2.64. The highest BCUT2D eigenvalue weighted by Crippen LogP contribution is 2.24. The van der Waals surface area contributed by atoms with Crippen molar-refractivity contribution >= 4 is 5.52 Å². The number of nitrogens with one attached hydrogen (secondary N) is 1. The second kappa shape index (κ2) is 3.86. The summed E-state index contributed by atoms with van der Waals surface area (Å²) < 4.78 is 2.07. The molecule has 4 nitrogen and oxygen atoms in total. The number of pyridine rings is 1. The molecule has 0 spiro atoms. The van der Waals surface area contributed by atoms with Crippen molar-refractivity contribution in [1.82, 2.24) is 14.7 Å². The minimum absolute atomic E-state index is 0.423. The Morgan fingerprint density at radius 2 is 2.41 bits per heavy atom. The molecule has 0 radical (unpaired) electrons. The fourth-order valence-electron chi connectivity index (χ4n) is 2.46. The van der Waals surface area contributed by atoms with Crippen LogP contribution in [-0.2, 0) is 0 Å². The van der Waals surface area contributed by atoms with E-state index in [1.54, 1.807) is 0 Å². The zero-order valence-corrected chi connectivity index (χ0v) is 9.77. The van der Waals surface area contributed by atoms with Gasteiger partial charge < -0.3 is 9.72 Å². The normalized spacial score (nSPS) is 19.6. The molecule has 3 rings (SSSR count). The van der Waals surface area contributed by atoms with Crippen LogP contribution < -0.4 is 5.32 Å². The van der Waals surface area contributed by atoms with Crippen molar-refractivity contribution in [3.05, 3.63) is 35.4 Å². The van der Waals surface area contributed by atoms with Crippen LogP contribution in [0.1, 0.15) is 29.4 Å². The molecular weight excluding hydrogens is 212 g/mol. The predicted molar refractivity (Wildman–Crippen MR) is 64.9 cm³/mol. The van der Waals surface area contributed by atoms with Crippen molar-refractivity contribution in [2.45, 2.75) is 19.3 Å². The van der Waals surface area contributed by atoms with Crippen molar-refractivity contribution in [3.8, 4) is 6.07 Å². The third-order valence-corrected chi connectivity index (χ3v) is 3.34. The summed E-state index contributed by atoms with van der Waals surface area (Å²) >= 11 is 0. The predicted octanol–water partition coefficient (Wildman–Crippen LogP) is 1.59. The Labute approximate surface area is 99.9 Å². The monoisotopic (exact) mass is 226 g/mol. The lowest BCUT2D eigenvalue weighted by atomic mass is 10.1. The second-order valence-electron chi connectivity index (χ2n) is 4.58. The molecule has 1 aliphatic heterocycles. The van der Waals surface area contributed by atoms with Crippen LogP contribution in [0.4, 0.5) is 0 Å². The molecule has 0 aromatic carbocycles. The zero-order valence-electron chi connectivity index (χ0n) is 9.77. The van der Waals surface area contributed by atoms with Crippen LogP contribution >= 0.6 is 0 Å². The van der Waals surface area contributed by atoms with E-state index in [1.165, 1.54) is 5.56 Å². The molecule has 0 bridgehead atoms. The van der Waals surface area contributed by atoms with E-state index in [-0.39, 0.29) is 0 Å². The fraction of sp³-hybridized carbons (Fsp3) is 0.385. The summed E-state index contributed by atoms with van der Waals surface area (Å²) in [5, 5.41) is 12.5. The lowest BCUT2D eigenvalue weighted by Crippen LogP contribution is -2.10. The van der Waals surface area contributed by atoms with E-state index in [9.17, 15) is 0 Å². The van der Waals surface area contributed by atoms with Crippen LogP contribution in [0.5, 0.6) is 0 Å². The van der Waals surface area contributed by atoms with Gasteiger partial charge in [0.1, 0.15) is 11.9 Å². The molecule has 1 unspecified atom stereocenters. The highest BCUT2D eigenvalue weighted by molar-refractivity contribution is 5.59. The van der Waals surface area contributed by atoms with Crippen LogP contribution in [0.25, 0.3) is 5.52 Å². The van der Waals surface area contributed by atoms with Gasteiger partial charge in [-0.15, -0.1) is 0 Å². The molecule has 1 N–H and O–H groups in total. The third-order valence-electron chi connectivity index (χ3n) is 3.34. The van der Waals surface area contributed by atoms with Gasteiger partial charge >= 0.3 is 0 Å². The van der Waals surface area contributed by atoms with E-state index in [4.69, 9.17) is 5.26 Å². The maximum absolute atomic E-state index is 9.12. The number of nitriles is 1. The molecule has 86 valence electrons. The van der Waals surface area contributed by atoms with Gasteiger partial charge in [-0.3, -0.25) is 0 Å². The minimum Gasteiger partial charge on any atom is -0.316 e. The largest absolute Gasteiger partial charge is 0.316 e. The van der Waals surface area contributed by atoms with Crippen molar-refractivity contribution < 1.29 is 0 Å². The Morgan fingerprint density at radius 1 is 1.53 bits per heavy atom. The Balaban J connectivity index is 2.23. The van der Waals surface area contributed by atoms with Gasteiger partial charge in [0.2, 0.25) is 0 Å². The summed E-state index contributed by atoms with van der Waals surface area (Å²) in [4.78, 5) is 4.49. The van der Waals surface area contributed by atoms with Crippen LogP contribution in [-0.4, -0.2) is 22.5 Å². The number of hydrogen-bond donors (Lipinski definition) is 1. The van der Waals surface area contributed by atoms with E-state index in [1.807, 2.05) is 12.1 Å². The molecule has 3 heterocycles. The Hall–Kier alpha value is -1.86. The highest BCUT2D eigenvalue weighted by Gasteiger charge is 2.22.